The van der Waals surface area contributed by atoms with Crippen molar-refractivity contribution in [2.24, 2.45) is 4.90 Å². The third kappa shape index (κ3) is 3.16. The first-order valence-electron chi connectivity index (χ1n) is 5.53. The van der Waals surface area contributed by atoms with Crippen molar-refractivity contribution in [3.63, 3.8) is 0 Å². The summed E-state index contributed by atoms with van der Waals surface area (Å²) in [5.74, 6) is 0.501. The van der Waals surface area contributed by atoms with Gasteiger partial charge in [-0.1, -0.05) is 0 Å². The van der Waals surface area contributed by atoms with Crippen molar-refractivity contribution in [2.45, 2.75) is 6.92 Å². The second-order valence-corrected chi connectivity index (χ2v) is 3.79. The van der Waals surface area contributed by atoms with Gasteiger partial charge in [-0.3, -0.25) is 0 Å². The fourth-order valence-corrected chi connectivity index (χ4v) is 1.65. The molecule has 2 aromatic rings. The van der Waals surface area contributed by atoms with Crippen molar-refractivity contribution in [1.82, 2.24) is 9.97 Å². The number of aryl methyl sites for hydroxylation is 1. The quantitative estimate of drug-likeness (QED) is 0.668. The maximum atomic E-state index is 5.90. The van der Waals surface area contributed by atoms with Crippen LogP contribution in [0.15, 0.2) is 35.5 Å². The number of hydrogen-bond donors (Lipinski definition) is 1. The molecule has 0 bridgehead atoms. The topological polar surface area (TPSA) is 73.4 Å². The second-order valence-electron chi connectivity index (χ2n) is 3.79. The van der Waals surface area contributed by atoms with Gasteiger partial charge in [-0.2, -0.15) is 0 Å². The number of rotatable bonds is 3. The Morgan fingerprint density at radius 3 is 3.05 bits per heavy atom. The molecular weight excluding hydrogens is 239 g/mol. The van der Waals surface area contributed by atoms with Crippen molar-refractivity contribution in [3.8, 4) is 23.7 Å². The molecule has 0 unspecified atom stereocenters. The molecule has 5 nitrogen and oxygen atoms in total. The second kappa shape index (κ2) is 5.78. The number of aromatic nitrogens is 2. The van der Waals surface area contributed by atoms with E-state index in [4.69, 9.17) is 12.2 Å². The normalized spacial score (nSPS) is 9.89. The van der Waals surface area contributed by atoms with Crippen LogP contribution < -0.4 is 5.73 Å². The molecule has 0 spiro atoms. The van der Waals surface area contributed by atoms with Crippen molar-refractivity contribution in [3.05, 3.63) is 36.3 Å². The summed E-state index contributed by atoms with van der Waals surface area (Å²) in [6.07, 6.45) is 10.3. The van der Waals surface area contributed by atoms with E-state index in [1.807, 2.05) is 25.2 Å². The molecule has 6 heteroatoms. The fourth-order valence-electron chi connectivity index (χ4n) is 1.65. The molecule has 0 atom stereocenters. The molecule has 0 aromatic carbocycles. The number of pyridine rings is 2. The van der Waals surface area contributed by atoms with E-state index in [0.717, 1.165) is 16.8 Å². The van der Waals surface area contributed by atoms with Gasteiger partial charge >= 0.3 is 111 Å². The van der Waals surface area contributed by atoms with E-state index < -0.39 is 0 Å². The van der Waals surface area contributed by atoms with Crippen molar-refractivity contribution >= 4 is 18.8 Å². The molecule has 0 radical (unpaired) electrons. The minimum atomic E-state index is 0.501. The van der Waals surface area contributed by atoms with E-state index >= 15 is 0 Å². The predicted molar refractivity (Wildman–Crippen MR) is 74.4 cm³/mol. The molecule has 0 aliphatic heterocycles. The Labute approximate surface area is 111 Å². The van der Waals surface area contributed by atoms with E-state index in [9.17, 15) is 0 Å². The number of terminal acetylenes is 1. The summed E-state index contributed by atoms with van der Waals surface area (Å²) in [7, 11) is 1.17. The number of hydrogen-bond acceptors (Lipinski definition) is 5. The van der Waals surface area contributed by atoms with Gasteiger partial charge in [0.2, 0.25) is 0 Å². The third-order valence-corrected chi connectivity index (χ3v) is 2.41. The van der Waals surface area contributed by atoms with Crippen LogP contribution in [0.5, 0.6) is 0 Å². The van der Waals surface area contributed by atoms with Crippen LogP contribution in [0.25, 0.3) is 11.1 Å². The third-order valence-electron chi connectivity index (χ3n) is 2.41. The van der Waals surface area contributed by atoms with Crippen LogP contribution in [0.1, 0.15) is 5.69 Å². The van der Waals surface area contributed by atoms with Gasteiger partial charge in [0, 0.05) is 0 Å². The first kappa shape index (κ1) is 12.8. The van der Waals surface area contributed by atoms with E-state index in [2.05, 4.69) is 19.5 Å². The van der Waals surface area contributed by atoms with Crippen LogP contribution in [-0.2, 0) is 4.65 Å². The molecule has 0 saturated heterocycles. The molecule has 2 rings (SSSR count). The minimum absolute atomic E-state index is 0.501. The molecule has 2 aromatic heterocycles. The van der Waals surface area contributed by atoms with Crippen LogP contribution in [0, 0.1) is 19.5 Å². The van der Waals surface area contributed by atoms with Crippen molar-refractivity contribution < 1.29 is 4.65 Å². The Kier molecular flexibility index (Phi) is 3.89. The Bertz CT molecular complexity index is 664. The van der Waals surface area contributed by atoms with E-state index in [-0.39, 0.29) is 0 Å². The zero-order valence-electron chi connectivity index (χ0n) is 10.4. The van der Waals surface area contributed by atoms with Gasteiger partial charge in [0.15, 0.2) is 0 Å². The molecule has 2 heterocycles. The van der Waals surface area contributed by atoms with Crippen LogP contribution in [0.3, 0.4) is 0 Å². The van der Waals surface area contributed by atoms with E-state index in [1.165, 1.54) is 7.27 Å². The summed E-state index contributed by atoms with van der Waals surface area (Å²) in [4.78, 5) is 12.2. The van der Waals surface area contributed by atoms with Crippen LogP contribution in [0.2, 0.25) is 0 Å². The van der Waals surface area contributed by atoms with E-state index in [0.29, 0.717) is 11.5 Å². The average Bonchev–Trinajstić information content (AvgIpc) is 2.39. The zero-order valence-corrected chi connectivity index (χ0v) is 10.4. The summed E-state index contributed by atoms with van der Waals surface area (Å²) in [6.45, 7) is 1.88. The van der Waals surface area contributed by atoms with Crippen LogP contribution in [0.4, 0.5) is 11.5 Å². The molecule has 0 aliphatic carbocycles. The van der Waals surface area contributed by atoms with Gasteiger partial charge in [-0.25, -0.2) is 0 Å². The van der Waals surface area contributed by atoms with Gasteiger partial charge in [0.25, 0.3) is 0 Å². The first-order valence-corrected chi connectivity index (χ1v) is 5.53. The van der Waals surface area contributed by atoms with Crippen LogP contribution >= 0.6 is 0 Å². The molecule has 0 saturated carbocycles. The average molecular weight is 250 g/mol. The predicted octanol–water partition coefficient (Wildman–Crippen LogP) is 2.08. The summed E-state index contributed by atoms with van der Waals surface area (Å²) in [5, 5.41) is 0. The first-order chi connectivity index (χ1) is 9.20. The zero-order chi connectivity index (χ0) is 13.7. The number of nitrogen functional groups attached to an aromatic ring is 1. The summed E-state index contributed by atoms with van der Waals surface area (Å²) in [5.41, 5.74) is 9.12. The number of nitrogens with two attached hydrogens (primary N) is 1. The molecule has 0 amide bonds. The van der Waals surface area contributed by atoms with Crippen molar-refractivity contribution in [1.29, 1.82) is 0 Å². The van der Waals surface area contributed by atoms with Crippen LogP contribution in [-0.4, -0.2) is 17.2 Å². The molecular formula is C13H11BN4O. The van der Waals surface area contributed by atoms with Gasteiger partial charge in [-0.15, -0.1) is 0 Å². The van der Waals surface area contributed by atoms with Gasteiger partial charge in [0.05, 0.1) is 0 Å². The van der Waals surface area contributed by atoms with Gasteiger partial charge < -0.3 is 0 Å². The van der Waals surface area contributed by atoms with Gasteiger partial charge in [-0.05, 0) is 0 Å². The Morgan fingerprint density at radius 1 is 1.47 bits per heavy atom. The van der Waals surface area contributed by atoms with Crippen molar-refractivity contribution in [2.75, 3.05) is 5.73 Å². The molecule has 19 heavy (non-hydrogen) atoms. The molecule has 2 N–H and O–H groups in total. The molecule has 0 aliphatic rings. The molecule has 92 valence electrons. The Hall–Kier alpha value is -2.68. The number of nitrogens with zero attached hydrogens (tertiary/aromatic N) is 3. The van der Waals surface area contributed by atoms with Gasteiger partial charge in [0.1, 0.15) is 0 Å². The summed E-state index contributed by atoms with van der Waals surface area (Å²) >= 11 is 0. The van der Waals surface area contributed by atoms with E-state index in [1.54, 1.807) is 18.5 Å². The summed E-state index contributed by atoms with van der Waals surface area (Å²) in [6, 6.07) is 5.57. The standard InChI is InChI=1S/C13H11BN4O/c1-3-19-14-18-13-7-10(6-9(2)17-13)11-4-5-16-8-12(11)15/h1,4-8H,15H2,2H3. The Balaban J connectivity index is 2.43. The molecule has 0 fully saturated rings. The fraction of sp³-hybridized carbons (Fsp3) is 0.0769. The maximum absolute atomic E-state index is 5.90. The summed E-state index contributed by atoms with van der Waals surface area (Å²) < 4.78 is 4.61. The number of anilines is 1. The Morgan fingerprint density at radius 2 is 2.32 bits per heavy atom. The monoisotopic (exact) mass is 250 g/mol. The SMILES string of the molecule is C#CO/B=N/c1cc(-c2ccncc2N)cc(C)n1.